The highest BCUT2D eigenvalue weighted by Crippen LogP contribution is 2.07. The lowest BCUT2D eigenvalue weighted by Crippen LogP contribution is -2.27. The second-order valence-electron chi connectivity index (χ2n) is 2.98. The number of amides is 1. The second-order valence-corrected chi connectivity index (χ2v) is 2.98. The maximum Gasteiger partial charge on any atom is 0.261 e. The highest BCUT2D eigenvalue weighted by atomic mass is 16.2. The van der Waals surface area contributed by atoms with Crippen LogP contribution in [0.4, 0.5) is 5.69 Å². The fourth-order valence-electron chi connectivity index (χ4n) is 1.05. The third-order valence-corrected chi connectivity index (χ3v) is 1.67. The summed E-state index contributed by atoms with van der Waals surface area (Å²) in [6.07, 6.45) is 3.15. The molecule has 0 saturated carbocycles. The molecule has 0 saturated heterocycles. The van der Waals surface area contributed by atoms with E-state index in [0.717, 1.165) is 11.3 Å². The molecule has 0 aliphatic heterocycles. The highest BCUT2D eigenvalue weighted by molar-refractivity contribution is 5.88. The number of allylic oxidation sites excluding steroid dienone is 1. The lowest BCUT2D eigenvalue weighted by atomic mass is 10.2. The van der Waals surface area contributed by atoms with Gasteiger partial charge in [0.1, 0.15) is 0 Å². The molecule has 1 aromatic carbocycles. The first-order valence-corrected chi connectivity index (χ1v) is 4.47. The fourth-order valence-corrected chi connectivity index (χ4v) is 1.05. The third kappa shape index (κ3) is 3.31. The van der Waals surface area contributed by atoms with Crippen molar-refractivity contribution >= 4 is 11.6 Å². The summed E-state index contributed by atoms with van der Waals surface area (Å²) in [4.78, 5) is 11.0. The number of nitrogens with one attached hydrogen (secondary N) is 2. The van der Waals surface area contributed by atoms with E-state index in [9.17, 15) is 4.79 Å². The van der Waals surface area contributed by atoms with Crippen LogP contribution in [0.25, 0.3) is 0 Å². The van der Waals surface area contributed by atoms with Crippen LogP contribution in [0.3, 0.4) is 0 Å². The zero-order valence-electron chi connectivity index (χ0n) is 8.37. The van der Waals surface area contributed by atoms with E-state index in [1.807, 2.05) is 31.2 Å². The maximum absolute atomic E-state index is 11.0. The van der Waals surface area contributed by atoms with Crippen molar-refractivity contribution in [2.45, 2.75) is 13.8 Å². The Kier molecular flexibility index (Phi) is 3.73. The summed E-state index contributed by atoms with van der Waals surface area (Å²) in [5.41, 5.74) is 7.40. The van der Waals surface area contributed by atoms with Gasteiger partial charge in [-0.1, -0.05) is 18.2 Å². The Hall–Kier alpha value is -1.77. The van der Waals surface area contributed by atoms with E-state index in [1.165, 1.54) is 6.08 Å². The summed E-state index contributed by atoms with van der Waals surface area (Å²) in [5, 5.41) is 0. The summed E-state index contributed by atoms with van der Waals surface area (Å²) in [5.74, 6) is -0.158. The number of benzene rings is 1. The van der Waals surface area contributed by atoms with Gasteiger partial charge in [0.15, 0.2) is 0 Å². The van der Waals surface area contributed by atoms with E-state index >= 15 is 0 Å². The Morgan fingerprint density at radius 2 is 2.21 bits per heavy atom. The summed E-state index contributed by atoms with van der Waals surface area (Å²) < 4.78 is 0. The van der Waals surface area contributed by atoms with Crippen LogP contribution in [0.1, 0.15) is 12.5 Å². The molecule has 0 bridgehead atoms. The summed E-state index contributed by atoms with van der Waals surface area (Å²) in [6, 6.07) is 7.78. The topological polar surface area (TPSA) is 41.1 Å². The predicted octanol–water partition coefficient (Wildman–Crippen LogP) is 2.01. The molecule has 2 N–H and O–H groups in total. The average Bonchev–Trinajstić information content (AvgIpc) is 2.15. The third-order valence-electron chi connectivity index (χ3n) is 1.67. The first-order valence-electron chi connectivity index (χ1n) is 4.47. The van der Waals surface area contributed by atoms with Crippen molar-refractivity contribution in [2.75, 3.05) is 5.43 Å². The molecular weight excluding hydrogens is 176 g/mol. The van der Waals surface area contributed by atoms with Crippen LogP contribution in [0, 0.1) is 6.92 Å². The molecule has 0 aromatic heterocycles. The van der Waals surface area contributed by atoms with Gasteiger partial charge in [-0.15, -0.1) is 0 Å². The number of hydrogen-bond donors (Lipinski definition) is 2. The van der Waals surface area contributed by atoms with Crippen molar-refractivity contribution in [3.8, 4) is 0 Å². The molecule has 0 radical (unpaired) electrons. The molecule has 0 atom stereocenters. The normalized spacial score (nSPS) is 10.1. The van der Waals surface area contributed by atoms with Gasteiger partial charge in [0.05, 0.1) is 5.69 Å². The number of carbonyl (C=O) groups is 1. The molecule has 0 heterocycles. The van der Waals surface area contributed by atoms with Gasteiger partial charge in [0.25, 0.3) is 5.91 Å². The Bertz CT molecular complexity index is 345. The number of aryl methyl sites for hydroxylation is 1. The number of hydrazine groups is 1. The quantitative estimate of drug-likeness (QED) is 0.565. The first kappa shape index (κ1) is 10.3. The van der Waals surface area contributed by atoms with Crippen LogP contribution < -0.4 is 10.9 Å². The van der Waals surface area contributed by atoms with Crippen LogP contribution >= 0.6 is 0 Å². The van der Waals surface area contributed by atoms with Gasteiger partial charge in [-0.05, 0) is 31.5 Å². The van der Waals surface area contributed by atoms with Gasteiger partial charge < -0.3 is 0 Å². The van der Waals surface area contributed by atoms with Crippen molar-refractivity contribution in [1.82, 2.24) is 5.43 Å². The van der Waals surface area contributed by atoms with Gasteiger partial charge in [-0.2, -0.15) is 0 Å². The SMILES string of the molecule is CC=CC(=O)NNc1cccc(C)c1. The largest absolute Gasteiger partial charge is 0.298 e. The maximum atomic E-state index is 11.0. The van der Waals surface area contributed by atoms with Gasteiger partial charge in [0, 0.05) is 6.08 Å². The lowest BCUT2D eigenvalue weighted by molar-refractivity contribution is -0.116. The second kappa shape index (κ2) is 5.07. The Balaban J connectivity index is 2.49. The van der Waals surface area contributed by atoms with Crippen LogP contribution in [0.15, 0.2) is 36.4 Å². The molecule has 3 nitrogen and oxygen atoms in total. The van der Waals surface area contributed by atoms with Crippen molar-refractivity contribution in [3.05, 3.63) is 42.0 Å². The van der Waals surface area contributed by atoms with Gasteiger partial charge in [-0.3, -0.25) is 15.6 Å². The van der Waals surface area contributed by atoms with Gasteiger partial charge in [-0.25, -0.2) is 0 Å². The van der Waals surface area contributed by atoms with Crippen LogP contribution in [-0.2, 0) is 4.79 Å². The summed E-state index contributed by atoms with van der Waals surface area (Å²) in [6.45, 7) is 3.80. The standard InChI is InChI=1S/C11H14N2O/c1-3-5-11(14)13-12-10-7-4-6-9(2)8-10/h3-8,12H,1-2H3,(H,13,14). The van der Waals surface area contributed by atoms with Gasteiger partial charge >= 0.3 is 0 Å². The number of rotatable bonds is 3. The molecule has 0 spiro atoms. The Morgan fingerprint density at radius 3 is 2.86 bits per heavy atom. The molecule has 1 amide bonds. The molecule has 14 heavy (non-hydrogen) atoms. The monoisotopic (exact) mass is 190 g/mol. The number of hydrogen-bond acceptors (Lipinski definition) is 2. The van der Waals surface area contributed by atoms with E-state index in [2.05, 4.69) is 10.9 Å². The highest BCUT2D eigenvalue weighted by Gasteiger charge is 1.94. The zero-order chi connectivity index (χ0) is 10.4. The van der Waals surface area contributed by atoms with Crippen LogP contribution in [0.2, 0.25) is 0 Å². The van der Waals surface area contributed by atoms with Crippen molar-refractivity contribution in [1.29, 1.82) is 0 Å². The minimum atomic E-state index is -0.158. The summed E-state index contributed by atoms with van der Waals surface area (Å²) >= 11 is 0. The lowest BCUT2D eigenvalue weighted by Gasteiger charge is -2.06. The molecule has 74 valence electrons. The van der Waals surface area contributed by atoms with Crippen LogP contribution in [0.5, 0.6) is 0 Å². The minimum absolute atomic E-state index is 0.158. The predicted molar refractivity (Wildman–Crippen MR) is 57.8 cm³/mol. The fraction of sp³-hybridized carbons (Fsp3) is 0.182. The summed E-state index contributed by atoms with van der Waals surface area (Å²) in [7, 11) is 0. The molecule has 0 aliphatic rings. The average molecular weight is 190 g/mol. The van der Waals surface area contributed by atoms with Crippen molar-refractivity contribution in [3.63, 3.8) is 0 Å². The first-order chi connectivity index (χ1) is 6.72. The van der Waals surface area contributed by atoms with Crippen molar-refractivity contribution < 1.29 is 4.79 Å². The molecule has 0 aliphatic carbocycles. The number of carbonyl (C=O) groups excluding carboxylic acids is 1. The van der Waals surface area contributed by atoms with Crippen molar-refractivity contribution in [2.24, 2.45) is 0 Å². The van der Waals surface area contributed by atoms with Crippen LogP contribution in [-0.4, -0.2) is 5.91 Å². The minimum Gasteiger partial charge on any atom is -0.298 e. The molecular formula is C11H14N2O. The molecule has 0 fully saturated rings. The molecule has 1 rings (SSSR count). The van der Waals surface area contributed by atoms with E-state index in [-0.39, 0.29) is 5.91 Å². The Morgan fingerprint density at radius 1 is 1.43 bits per heavy atom. The van der Waals surface area contributed by atoms with E-state index < -0.39 is 0 Å². The zero-order valence-corrected chi connectivity index (χ0v) is 8.37. The van der Waals surface area contributed by atoms with E-state index in [4.69, 9.17) is 0 Å². The van der Waals surface area contributed by atoms with E-state index in [0.29, 0.717) is 0 Å². The smallest absolute Gasteiger partial charge is 0.261 e. The molecule has 0 unspecified atom stereocenters. The Labute approximate surface area is 83.8 Å². The molecule has 1 aromatic rings. The van der Waals surface area contributed by atoms with E-state index in [1.54, 1.807) is 13.0 Å². The molecule has 3 heteroatoms. The number of anilines is 1. The van der Waals surface area contributed by atoms with Gasteiger partial charge in [0.2, 0.25) is 0 Å².